The highest BCUT2D eigenvalue weighted by molar-refractivity contribution is 9.10. The average Bonchev–Trinajstić information content (AvgIpc) is 3.08. The number of hydrogen-bond donors (Lipinski definition) is 0. The van der Waals surface area contributed by atoms with Gasteiger partial charge in [-0.05, 0) is 36.4 Å². The monoisotopic (exact) mass is 404 g/mol. The molecule has 0 spiro atoms. The summed E-state index contributed by atoms with van der Waals surface area (Å²) in [5.74, 6) is -1.13. The molecule has 0 fully saturated rings. The van der Waals surface area contributed by atoms with E-state index in [2.05, 4.69) is 20.9 Å². The maximum absolute atomic E-state index is 13.1. The van der Waals surface area contributed by atoms with E-state index in [1.807, 2.05) is 48.5 Å². The first kappa shape index (κ1) is 16.4. The molecular formula is C21H13BrN2O2. The molecule has 0 radical (unpaired) electrons. The predicted molar refractivity (Wildman–Crippen MR) is 103 cm³/mol. The molecule has 0 saturated heterocycles. The van der Waals surface area contributed by atoms with Crippen molar-refractivity contribution in [2.75, 3.05) is 0 Å². The first-order valence-corrected chi connectivity index (χ1v) is 8.81. The van der Waals surface area contributed by atoms with Crippen LogP contribution < -0.4 is 0 Å². The predicted octanol–water partition coefficient (Wildman–Crippen LogP) is 4.83. The summed E-state index contributed by atoms with van der Waals surface area (Å²) in [6.45, 7) is 0. The van der Waals surface area contributed by atoms with Crippen molar-refractivity contribution in [1.29, 1.82) is 0 Å². The molecule has 0 N–H and O–H groups in total. The molecule has 0 saturated carbocycles. The summed E-state index contributed by atoms with van der Waals surface area (Å²) >= 11 is 3.33. The highest BCUT2D eigenvalue weighted by atomic mass is 79.9. The van der Waals surface area contributed by atoms with Crippen LogP contribution in [0.15, 0.2) is 83.5 Å². The molecule has 0 amide bonds. The molecule has 0 aliphatic heterocycles. The zero-order chi connectivity index (χ0) is 18.1. The molecule has 0 atom stereocenters. The van der Waals surface area contributed by atoms with E-state index < -0.39 is 11.6 Å². The fourth-order valence-electron chi connectivity index (χ4n) is 2.85. The van der Waals surface area contributed by atoms with Crippen molar-refractivity contribution in [3.05, 3.63) is 94.7 Å². The normalized spacial score (nSPS) is 10.8. The number of imidazole rings is 1. The Labute approximate surface area is 158 Å². The molecule has 4 nitrogen and oxygen atoms in total. The molecule has 2 aromatic carbocycles. The Morgan fingerprint density at radius 1 is 0.808 bits per heavy atom. The molecule has 126 valence electrons. The SMILES string of the molecule is O=C(C(=O)c1c(-c2ccccc2)nc2ccccn12)c1ccc(Br)cc1. The third-order valence-electron chi connectivity index (χ3n) is 4.10. The summed E-state index contributed by atoms with van der Waals surface area (Å²) < 4.78 is 2.52. The van der Waals surface area contributed by atoms with Crippen LogP contribution in [-0.4, -0.2) is 21.0 Å². The molecule has 26 heavy (non-hydrogen) atoms. The van der Waals surface area contributed by atoms with Gasteiger partial charge in [0, 0.05) is 21.8 Å². The molecule has 2 aromatic heterocycles. The lowest BCUT2D eigenvalue weighted by Gasteiger charge is -2.05. The summed E-state index contributed by atoms with van der Waals surface area (Å²) in [7, 11) is 0. The third kappa shape index (κ3) is 2.86. The summed E-state index contributed by atoms with van der Waals surface area (Å²) in [6.07, 6.45) is 1.75. The Morgan fingerprint density at radius 2 is 1.50 bits per heavy atom. The topological polar surface area (TPSA) is 51.4 Å². The molecular weight excluding hydrogens is 392 g/mol. The molecule has 4 aromatic rings. The Bertz CT molecular complexity index is 1120. The van der Waals surface area contributed by atoms with Crippen molar-refractivity contribution >= 4 is 33.1 Å². The van der Waals surface area contributed by atoms with Crippen molar-refractivity contribution in [3.63, 3.8) is 0 Å². The number of carbonyl (C=O) groups excluding carboxylic acids is 2. The van der Waals surface area contributed by atoms with E-state index >= 15 is 0 Å². The summed E-state index contributed by atoms with van der Waals surface area (Å²) in [6, 6.07) is 21.6. The van der Waals surface area contributed by atoms with Crippen LogP contribution in [0.3, 0.4) is 0 Å². The summed E-state index contributed by atoms with van der Waals surface area (Å²) in [5.41, 5.74) is 2.55. The van der Waals surface area contributed by atoms with Gasteiger partial charge in [0.25, 0.3) is 5.78 Å². The fraction of sp³-hybridized carbons (Fsp3) is 0. The Kier molecular flexibility index (Phi) is 4.22. The molecule has 0 unspecified atom stereocenters. The van der Waals surface area contributed by atoms with E-state index in [1.54, 1.807) is 34.9 Å². The highest BCUT2D eigenvalue weighted by Crippen LogP contribution is 2.26. The van der Waals surface area contributed by atoms with Gasteiger partial charge in [-0.2, -0.15) is 0 Å². The Morgan fingerprint density at radius 3 is 2.23 bits per heavy atom. The Balaban J connectivity index is 1.88. The van der Waals surface area contributed by atoms with Gasteiger partial charge in [0.05, 0.1) is 0 Å². The number of hydrogen-bond acceptors (Lipinski definition) is 3. The number of carbonyl (C=O) groups is 2. The first-order chi connectivity index (χ1) is 12.6. The lowest BCUT2D eigenvalue weighted by Crippen LogP contribution is -2.17. The summed E-state index contributed by atoms with van der Waals surface area (Å²) in [4.78, 5) is 30.4. The van der Waals surface area contributed by atoms with Gasteiger partial charge in [-0.15, -0.1) is 0 Å². The van der Waals surface area contributed by atoms with Gasteiger partial charge in [0.15, 0.2) is 0 Å². The lowest BCUT2D eigenvalue weighted by atomic mass is 10.0. The van der Waals surface area contributed by atoms with Crippen molar-refractivity contribution in [2.45, 2.75) is 0 Å². The lowest BCUT2D eigenvalue weighted by molar-refractivity contribution is 0.0814. The number of ketones is 2. The van der Waals surface area contributed by atoms with E-state index in [1.165, 1.54) is 0 Å². The molecule has 0 aliphatic carbocycles. The number of pyridine rings is 1. The van der Waals surface area contributed by atoms with E-state index in [9.17, 15) is 9.59 Å². The van der Waals surface area contributed by atoms with Crippen LogP contribution in [0, 0.1) is 0 Å². The van der Waals surface area contributed by atoms with Gasteiger partial charge in [0.2, 0.25) is 5.78 Å². The maximum atomic E-state index is 13.1. The summed E-state index contributed by atoms with van der Waals surface area (Å²) in [5, 5.41) is 0. The van der Waals surface area contributed by atoms with Crippen molar-refractivity contribution in [2.24, 2.45) is 0 Å². The van der Waals surface area contributed by atoms with Crippen LogP contribution in [-0.2, 0) is 0 Å². The second-order valence-electron chi connectivity index (χ2n) is 5.77. The van der Waals surface area contributed by atoms with Gasteiger partial charge >= 0.3 is 0 Å². The van der Waals surface area contributed by atoms with Crippen LogP contribution in [0.2, 0.25) is 0 Å². The highest BCUT2D eigenvalue weighted by Gasteiger charge is 2.26. The quantitative estimate of drug-likeness (QED) is 0.361. The zero-order valence-electron chi connectivity index (χ0n) is 13.6. The number of rotatable bonds is 4. The van der Waals surface area contributed by atoms with Gasteiger partial charge in [0.1, 0.15) is 17.0 Å². The fourth-order valence-corrected chi connectivity index (χ4v) is 3.11. The molecule has 2 heterocycles. The minimum Gasteiger partial charge on any atom is -0.296 e. The van der Waals surface area contributed by atoms with E-state index in [0.717, 1.165) is 10.0 Å². The van der Waals surface area contributed by atoms with Crippen LogP contribution in [0.5, 0.6) is 0 Å². The minimum atomic E-state index is -0.579. The van der Waals surface area contributed by atoms with Crippen LogP contribution >= 0.6 is 15.9 Å². The van der Waals surface area contributed by atoms with Crippen molar-refractivity contribution in [1.82, 2.24) is 9.38 Å². The molecule has 4 rings (SSSR count). The zero-order valence-corrected chi connectivity index (χ0v) is 15.2. The molecule has 0 aliphatic rings. The van der Waals surface area contributed by atoms with Gasteiger partial charge in [-0.1, -0.05) is 52.3 Å². The van der Waals surface area contributed by atoms with Gasteiger partial charge in [-0.25, -0.2) is 4.98 Å². The number of Topliss-reactive ketones (excluding diaryl/α,β-unsaturated/α-hetero) is 2. The standard InChI is InChI=1S/C21H13BrN2O2/c22-16-11-9-15(10-12-16)20(25)21(26)19-18(14-6-2-1-3-7-14)23-17-8-4-5-13-24(17)19/h1-13H. The van der Waals surface area contributed by atoms with Crippen molar-refractivity contribution < 1.29 is 9.59 Å². The number of benzene rings is 2. The van der Waals surface area contributed by atoms with Gasteiger partial charge in [-0.3, -0.25) is 14.0 Å². The second kappa shape index (κ2) is 6.69. The number of aromatic nitrogens is 2. The van der Waals surface area contributed by atoms with Crippen molar-refractivity contribution in [3.8, 4) is 11.3 Å². The van der Waals surface area contributed by atoms with Crippen LogP contribution in [0.1, 0.15) is 20.8 Å². The largest absolute Gasteiger partial charge is 0.296 e. The third-order valence-corrected chi connectivity index (χ3v) is 4.63. The number of halogens is 1. The van der Waals surface area contributed by atoms with E-state index in [4.69, 9.17) is 0 Å². The molecule has 5 heteroatoms. The maximum Gasteiger partial charge on any atom is 0.252 e. The van der Waals surface area contributed by atoms with E-state index in [-0.39, 0.29) is 5.69 Å². The first-order valence-electron chi connectivity index (χ1n) is 8.02. The Hall–Kier alpha value is -3.05. The van der Waals surface area contributed by atoms with Gasteiger partial charge < -0.3 is 0 Å². The smallest absolute Gasteiger partial charge is 0.252 e. The van der Waals surface area contributed by atoms with E-state index in [0.29, 0.717) is 16.9 Å². The number of nitrogens with zero attached hydrogens (tertiary/aromatic N) is 2. The minimum absolute atomic E-state index is 0.278. The second-order valence-corrected chi connectivity index (χ2v) is 6.68. The average molecular weight is 405 g/mol. The molecule has 0 bridgehead atoms. The van der Waals surface area contributed by atoms with Crippen LogP contribution in [0.25, 0.3) is 16.9 Å². The number of fused-ring (bicyclic) bond motifs is 1. The van der Waals surface area contributed by atoms with Crippen LogP contribution in [0.4, 0.5) is 0 Å².